The van der Waals surface area contributed by atoms with Crippen LogP contribution in [0.1, 0.15) is 27.3 Å². The second-order valence-corrected chi connectivity index (χ2v) is 15.3. The number of benzene rings is 1. The molecule has 0 aliphatic heterocycles. The number of carboxylic acid groups (broad SMARTS) is 1. The van der Waals surface area contributed by atoms with Gasteiger partial charge in [-0.3, -0.25) is 13.9 Å². The quantitative estimate of drug-likeness (QED) is 0.208. The molecule has 0 radical (unpaired) electrons. The van der Waals surface area contributed by atoms with Crippen molar-refractivity contribution in [3.05, 3.63) is 53.1 Å². The predicted molar refractivity (Wildman–Crippen MR) is 136 cm³/mol. The molecule has 0 amide bonds. The zero-order valence-corrected chi connectivity index (χ0v) is 21.8. The van der Waals surface area contributed by atoms with Crippen LogP contribution in [-0.2, 0) is 11.5 Å². The number of aryl methyl sites for hydroxylation is 1. The summed E-state index contributed by atoms with van der Waals surface area (Å²) in [5, 5.41) is 19.3. The molecule has 1 N–H and O–H groups in total. The van der Waals surface area contributed by atoms with Crippen molar-refractivity contribution in [3.8, 4) is 11.8 Å². The first-order valence-electron chi connectivity index (χ1n) is 11.4. The lowest BCUT2D eigenvalue weighted by Crippen LogP contribution is -2.22. The Morgan fingerprint density at radius 3 is 2.64 bits per heavy atom. The lowest BCUT2D eigenvalue weighted by Gasteiger charge is -2.16. The Hall–Kier alpha value is -4.01. The van der Waals surface area contributed by atoms with Crippen molar-refractivity contribution in [2.75, 3.05) is 13.7 Å². The standard InChI is InChI=1S/C25H27N5O5Si/c1-15-10-19(34-2)20(17-6-7-29(21(15)17)25(32)33)22(31)24-28-18-11-16(12-26)13-27-23(18)30(24)14-35-8-9-36(3,4)5/h6-7,10-11,13H,8-9,14H2,1-5H3,(H,32,33). The number of ketones is 1. The van der Waals surface area contributed by atoms with E-state index in [0.29, 0.717) is 45.6 Å². The largest absolute Gasteiger partial charge is 0.496 e. The Morgan fingerprint density at radius 1 is 1.25 bits per heavy atom. The van der Waals surface area contributed by atoms with Crippen molar-refractivity contribution in [2.45, 2.75) is 39.3 Å². The Bertz CT molecular complexity index is 1540. The fourth-order valence-corrected chi connectivity index (χ4v) is 4.83. The number of imidazole rings is 1. The summed E-state index contributed by atoms with van der Waals surface area (Å²) in [7, 11) is 0.129. The maximum atomic E-state index is 14.0. The Labute approximate surface area is 208 Å². The van der Waals surface area contributed by atoms with Crippen LogP contribution in [-0.4, -0.2) is 57.9 Å². The fraction of sp³-hybridized carbons (Fsp3) is 0.320. The first-order chi connectivity index (χ1) is 17.1. The number of ether oxygens (including phenoxy) is 2. The first kappa shape index (κ1) is 25.1. The molecule has 186 valence electrons. The highest BCUT2D eigenvalue weighted by atomic mass is 28.3. The summed E-state index contributed by atoms with van der Waals surface area (Å²) in [4.78, 5) is 34.7. The molecule has 0 unspecified atom stereocenters. The highest BCUT2D eigenvalue weighted by molar-refractivity contribution is 6.76. The minimum Gasteiger partial charge on any atom is -0.496 e. The Kier molecular flexibility index (Phi) is 6.66. The van der Waals surface area contributed by atoms with Gasteiger partial charge in [-0.1, -0.05) is 19.6 Å². The minimum atomic E-state index is -1.32. The fourth-order valence-electron chi connectivity index (χ4n) is 4.07. The molecule has 4 rings (SSSR count). The SMILES string of the molecule is COc1cc(C)c2c(ccn2C(=O)O)c1C(=O)c1nc2cc(C#N)cnc2n1COCC[Si](C)(C)C. The third-order valence-corrected chi connectivity index (χ3v) is 7.61. The maximum absolute atomic E-state index is 14.0. The molecule has 4 aromatic rings. The highest BCUT2D eigenvalue weighted by Crippen LogP contribution is 2.34. The van der Waals surface area contributed by atoms with Crippen LogP contribution in [0.15, 0.2) is 30.6 Å². The molecule has 0 fully saturated rings. The zero-order chi connectivity index (χ0) is 26.2. The van der Waals surface area contributed by atoms with Gasteiger partial charge in [0.1, 0.15) is 24.1 Å². The maximum Gasteiger partial charge on any atom is 0.416 e. The number of nitriles is 1. The number of pyridine rings is 1. The number of carbonyl (C=O) groups is 2. The summed E-state index contributed by atoms with van der Waals surface area (Å²) in [5.41, 5.74) is 2.35. The second kappa shape index (κ2) is 9.56. The monoisotopic (exact) mass is 505 g/mol. The summed E-state index contributed by atoms with van der Waals surface area (Å²) in [6.45, 7) is 9.09. The van der Waals surface area contributed by atoms with Crippen LogP contribution < -0.4 is 4.74 Å². The average Bonchev–Trinajstić information content (AvgIpc) is 3.42. The van der Waals surface area contributed by atoms with E-state index in [4.69, 9.17) is 9.47 Å². The molecule has 36 heavy (non-hydrogen) atoms. The number of hydrogen-bond donors (Lipinski definition) is 1. The second-order valence-electron chi connectivity index (χ2n) is 9.72. The van der Waals surface area contributed by atoms with E-state index in [-0.39, 0.29) is 18.1 Å². The highest BCUT2D eigenvalue weighted by Gasteiger charge is 2.27. The van der Waals surface area contributed by atoms with Crippen molar-refractivity contribution in [1.29, 1.82) is 5.26 Å². The van der Waals surface area contributed by atoms with Crippen LogP contribution in [0.5, 0.6) is 5.75 Å². The number of hydrogen-bond acceptors (Lipinski definition) is 7. The number of fused-ring (bicyclic) bond motifs is 2. The number of aromatic nitrogens is 4. The van der Waals surface area contributed by atoms with Gasteiger partial charge in [0, 0.05) is 32.5 Å². The summed E-state index contributed by atoms with van der Waals surface area (Å²) in [5.74, 6) is -0.102. The number of rotatable bonds is 8. The van der Waals surface area contributed by atoms with E-state index in [1.54, 1.807) is 29.7 Å². The lowest BCUT2D eigenvalue weighted by molar-refractivity contribution is 0.0831. The molecule has 0 aliphatic carbocycles. The summed E-state index contributed by atoms with van der Waals surface area (Å²) >= 11 is 0. The van der Waals surface area contributed by atoms with Crippen molar-refractivity contribution in [1.82, 2.24) is 19.1 Å². The van der Waals surface area contributed by atoms with Gasteiger partial charge in [-0.05, 0) is 36.7 Å². The number of carbonyl (C=O) groups excluding carboxylic acids is 1. The molecule has 3 heterocycles. The van der Waals surface area contributed by atoms with Gasteiger partial charge in [0.15, 0.2) is 11.5 Å². The van der Waals surface area contributed by atoms with Crippen LogP contribution >= 0.6 is 0 Å². The molecule has 11 heteroatoms. The molecule has 0 bridgehead atoms. The molecular formula is C25H27N5O5Si. The van der Waals surface area contributed by atoms with Gasteiger partial charge in [-0.25, -0.2) is 14.8 Å². The third-order valence-electron chi connectivity index (χ3n) is 5.91. The van der Waals surface area contributed by atoms with E-state index in [2.05, 4.69) is 29.6 Å². The Balaban J connectivity index is 1.87. The van der Waals surface area contributed by atoms with Gasteiger partial charge < -0.3 is 14.6 Å². The van der Waals surface area contributed by atoms with E-state index >= 15 is 0 Å². The minimum absolute atomic E-state index is 0.0500. The lowest BCUT2D eigenvalue weighted by atomic mass is 10.0. The van der Waals surface area contributed by atoms with E-state index in [0.717, 1.165) is 10.6 Å². The van der Waals surface area contributed by atoms with Crippen LogP contribution in [0, 0.1) is 18.3 Å². The molecule has 0 aliphatic rings. The van der Waals surface area contributed by atoms with E-state index < -0.39 is 20.0 Å². The normalized spacial score (nSPS) is 11.7. The van der Waals surface area contributed by atoms with Crippen molar-refractivity contribution in [3.63, 3.8) is 0 Å². The van der Waals surface area contributed by atoms with E-state index in [1.165, 1.54) is 19.5 Å². The van der Waals surface area contributed by atoms with Crippen LogP contribution in [0.4, 0.5) is 4.79 Å². The van der Waals surface area contributed by atoms with E-state index in [9.17, 15) is 20.0 Å². The molecule has 0 spiro atoms. The molecule has 0 saturated heterocycles. The van der Waals surface area contributed by atoms with Gasteiger partial charge in [-0.15, -0.1) is 0 Å². The summed E-state index contributed by atoms with van der Waals surface area (Å²) in [6, 6.07) is 7.77. The molecule has 3 aromatic heterocycles. The molecule has 1 aromatic carbocycles. The zero-order valence-electron chi connectivity index (χ0n) is 20.8. The van der Waals surface area contributed by atoms with Crippen molar-refractivity contribution >= 4 is 42.0 Å². The van der Waals surface area contributed by atoms with Gasteiger partial charge in [-0.2, -0.15) is 5.26 Å². The van der Waals surface area contributed by atoms with E-state index in [1.807, 2.05) is 6.07 Å². The molecule has 0 atom stereocenters. The third kappa shape index (κ3) is 4.60. The van der Waals surface area contributed by atoms with Crippen LogP contribution in [0.2, 0.25) is 25.7 Å². The number of nitrogens with zero attached hydrogens (tertiary/aromatic N) is 5. The van der Waals surface area contributed by atoms with Crippen molar-refractivity contribution < 1.29 is 24.2 Å². The summed E-state index contributed by atoms with van der Waals surface area (Å²) in [6.07, 6.45) is 1.67. The van der Waals surface area contributed by atoms with Gasteiger partial charge in [0.2, 0.25) is 5.78 Å². The van der Waals surface area contributed by atoms with Crippen LogP contribution in [0.25, 0.3) is 22.1 Å². The van der Waals surface area contributed by atoms with Gasteiger partial charge >= 0.3 is 6.09 Å². The smallest absolute Gasteiger partial charge is 0.416 e. The number of methoxy groups -OCH3 is 1. The molecular weight excluding hydrogens is 478 g/mol. The average molecular weight is 506 g/mol. The van der Waals surface area contributed by atoms with Gasteiger partial charge in [0.25, 0.3) is 0 Å². The predicted octanol–water partition coefficient (Wildman–Crippen LogP) is 4.64. The van der Waals surface area contributed by atoms with Crippen LogP contribution in [0.3, 0.4) is 0 Å². The topological polar surface area (TPSA) is 132 Å². The van der Waals surface area contributed by atoms with Gasteiger partial charge in [0.05, 0.1) is 23.8 Å². The summed E-state index contributed by atoms with van der Waals surface area (Å²) < 4.78 is 14.1. The first-order valence-corrected chi connectivity index (χ1v) is 15.1. The Morgan fingerprint density at radius 2 is 2.00 bits per heavy atom. The van der Waals surface area contributed by atoms with Crippen molar-refractivity contribution in [2.24, 2.45) is 0 Å². The molecule has 10 nitrogen and oxygen atoms in total. The molecule has 0 saturated carbocycles.